The molecule has 0 bridgehead atoms. The highest BCUT2D eigenvalue weighted by molar-refractivity contribution is 5.85. The van der Waals surface area contributed by atoms with E-state index in [0.717, 1.165) is 5.56 Å². The van der Waals surface area contributed by atoms with Crippen LogP contribution < -0.4 is 5.73 Å². The maximum atomic E-state index is 13.4. The summed E-state index contributed by atoms with van der Waals surface area (Å²) in [6.45, 7) is 3.87. The van der Waals surface area contributed by atoms with Crippen molar-refractivity contribution in [1.82, 2.24) is 0 Å². The Balaban J connectivity index is 0.00000256. The highest BCUT2D eigenvalue weighted by atomic mass is 35.5. The fraction of sp³-hybridized carbons (Fsp3) is 0.417. The molecule has 0 saturated heterocycles. The van der Waals surface area contributed by atoms with Crippen LogP contribution in [0.25, 0.3) is 0 Å². The normalized spacial score (nSPS) is 11.5. The summed E-state index contributed by atoms with van der Waals surface area (Å²) in [5.41, 5.74) is 7.02. The van der Waals surface area contributed by atoms with Gasteiger partial charge in [-0.15, -0.1) is 12.4 Å². The lowest BCUT2D eigenvalue weighted by Crippen LogP contribution is -2.18. The Bertz CT molecular complexity index is 385. The van der Waals surface area contributed by atoms with E-state index in [1.54, 1.807) is 19.1 Å². The average molecular weight is 262 g/mol. The predicted octanol–water partition coefficient (Wildman–Crippen LogP) is 2.51. The first-order valence-electron chi connectivity index (χ1n) is 5.21. The molecule has 5 heteroatoms. The Hall–Kier alpha value is -1.13. The number of ether oxygens (including phenoxy) is 1. The van der Waals surface area contributed by atoms with Crippen LogP contribution >= 0.6 is 12.4 Å². The Labute approximate surface area is 107 Å². The van der Waals surface area contributed by atoms with Crippen LogP contribution in [0.3, 0.4) is 0 Å². The number of aryl methyl sites for hydroxylation is 1. The van der Waals surface area contributed by atoms with Crippen LogP contribution in [-0.4, -0.2) is 12.6 Å². The fourth-order valence-corrected chi connectivity index (χ4v) is 1.46. The van der Waals surface area contributed by atoms with Gasteiger partial charge in [0.15, 0.2) is 0 Å². The molecule has 0 radical (unpaired) electrons. The van der Waals surface area contributed by atoms with Crippen LogP contribution in [0.15, 0.2) is 18.2 Å². The summed E-state index contributed by atoms with van der Waals surface area (Å²) in [5.74, 6) is -0.793. The van der Waals surface area contributed by atoms with E-state index in [-0.39, 0.29) is 24.6 Å². The SMILES string of the molecule is CCOC(=O)C[C@@H](N)c1cc(C)ccc1F.Cl. The molecule has 0 spiro atoms. The molecule has 0 heterocycles. The summed E-state index contributed by atoms with van der Waals surface area (Å²) in [4.78, 5) is 11.2. The molecule has 96 valence electrons. The minimum atomic E-state index is -0.654. The summed E-state index contributed by atoms with van der Waals surface area (Å²) < 4.78 is 18.2. The van der Waals surface area contributed by atoms with Gasteiger partial charge in [-0.2, -0.15) is 0 Å². The van der Waals surface area contributed by atoms with E-state index in [2.05, 4.69) is 0 Å². The van der Waals surface area contributed by atoms with Crippen molar-refractivity contribution in [3.8, 4) is 0 Å². The zero-order chi connectivity index (χ0) is 12.1. The highest BCUT2D eigenvalue weighted by Gasteiger charge is 2.16. The molecule has 3 nitrogen and oxygen atoms in total. The number of rotatable bonds is 4. The second-order valence-corrected chi connectivity index (χ2v) is 3.64. The van der Waals surface area contributed by atoms with Crippen LogP contribution in [0.1, 0.15) is 30.5 Å². The van der Waals surface area contributed by atoms with E-state index >= 15 is 0 Å². The summed E-state index contributed by atoms with van der Waals surface area (Å²) in [6, 6.07) is 4.02. The smallest absolute Gasteiger partial charge is 0.307 e. The molecule has 2 N–H and O–H groups in total. The number of halogens is 2. The van der Waals surface area contributed by atoms with E-state index in [1.165, 1.54) is 6.07 Å². The molecular formula is C12H17ClFNO2. The Morgan fingerprint density at radius 3 is 2.76 bits per heavy atom. The Kier molecular flexibility index (Phi) is 6.76. The van der Waals surface area contributed by atoms with E-state index in [1.807, 2.05) is 6.92 Å². The van der Waals surface area contributed by atoms with Crippen molar-refractivity contribution in [1.29, 1.82) is 0 Å². The molecule has 0 aliphatic heterocycles. The number of hydrogen-bond acceptors (Lipinski definition) is 3. The van der Waals surface area contributed by atoms with Crippen molar-refractivity contribution < 1.29 is 13.9 Å². The van der Waals surface area contributed by atoms with Crippen LogP contribution in [-0.2, 0) is 9.53 Å². The van der Waals surface area contributed by atoms with Gasteiger partial charge in [0, 0.05) is 11.6 Å². The molecule has 1 atom stereocenters. The minimum absolute atomic E-state index is 0. The van der Waals surface area contributed by atoms with E-state index in [9.17, 15) is 9.18 Å². The van der Waals surface area contributed by atoms with Crippen LogP contribution in [0, 0.1) is 12.7 Å². The van der Waals surface area contributed by atoms with Crippen molar-refractivity contribution in [3.63, 3.8) is 0 Å². The van der Waals surface area contributed by atoms with Gasteiger partial charge in [-0.25, -0.2) is 4.39 Å². The molecule has 0 unspecified atom stereocenters. The Morgan fingerprint density at radius 2 is 2.18 bits per heavy atom. The zero-order valence-corrected chi connectivity index (χ0v) is 10.7. The monoisotopic (exact) mass is 261 g/mol. The quantitative estimate of drug-likeness (QED) is 0.848. The van der Waals surface area contributed by atoms with Crippen molar-refractivity contribution in [3.05, 3.63) is 35.1 Å². The largest absolute Gasteiger partial charge is 0.466 e. The number of carbonyl (C=O) groups excluding carboxylic acids is 1. The average Bonchev–Trinajstić information content (AvgIpc) is 2.21. The third-order valence-corrected chi connectivity index (χ3v) is 2.24. The maximum absolute atomic E-state index is 13.4. The molecule has 0 aliphatic rings. The van der Waals surface area contributed by atoms with Crippen molar-refractivity contribution in [2.45, 2.75) is 26.3 Å². The minimum Gasteiger partial charge on any atom is -0.466 e. The van der Waals surface area contributed by atoms with E-state index in [4.69, 9.17) is 10.5 Å². The van der Waals surface area contributed by atoms with Crippen LogP contribution in [0.5, 0.6) is 0 Å². The molecule has 0 saturated carbocycles. The lowest BCUT2D eigenvalue weighted by atomic mass is 10.0. The molecule has 1 rings (SSSR count). The Morgan fingerprint density at radius 1 is 1.53 bits per heavy atom. The number of carbonyl (C=O) groups is 1. The fourth-order valence-electron chi connectivity index (χ4n) is 1.46. The lowest BCUT2D eigenvalue weighted by molar-refractivity contribution is -0.143. The van der Waals surface area contributed by atoms with Crippen LogP contribution in [0.4, 0.5) is 4.39 Å². The summed E-state index contributed by atoms with van der Waals surface area (Å²) in [5, 5.41) is 0. The first-order valence-corrected chi connectivity index (χ1v) is 5.21. The first-order chi connectivity index (χ1) is 7.54. The molecular weight excluding hydrogens is 245 g/mol. The van der Waals surface area contributed by atoms with Crippen molar-refractivity contribution in [2.24, 2.45) is 5.73 Å². The van der Waals surface area contributed by atoms with Gasteiger partial charge in [-0.1, -0.05) is 17.7 Å². The second kappa shape index (κ2) is 7.25. The standard InChI is InChI=1S/C12H16FNO2.ClH/c1-3-16-12(15)7-11(14)9-6-8(2)4-5-10(9)13;/h4-6,11H,3,7,14H2,1-2H3;1H/t11-;/m1./s1. The molecule has 0 aliphatic carbocycles. The summed E-state index contributed by atoms with van der Waals surface area (Å²) >= 11 is 0. The summed E-state index contributed by atoms with van der Waals surface area (Å²) in [7, 11) is 0. The summed E-state index contributed by atoms with van der Waals surface area (Å²) in [6.07, 6.45) is -0.00574. The van der Waals surface area contributed by atoms with E-state index in [0.29, 0.717) is 12.2 Å². The maximum Gasteiger partial charge on any atom is 0.307 e. The number of benzene rings is 1. The van der Waals surface area contributed by atoms with E-state index < -0.39 is 12.0 Å². The van der Waals surface area contributed by atoms with Gasteiger partial charge in [0.05, 0.1) is 13.0 Å². The number of esters is 1. The van der Waals surface area contributed by atoms with Gasteiger partial charge in [0.1, 0.15) is 5.82 Å². The van der Waals surface area contributed by atoms with Gasteiger partial charge in [-0.3, -0.25) is 4.79 Å². The predicted molar refractivity (Wildman–Crippen MR) is 66.6 cm³/mol. The van der Waals surface area contributed by atoms with Crippen molar-refractivity contribution >= 4 is 18.4 Å². The molecule has 17 heavy (non-hydrogen) atoms. The first kappa shape index (κ1) is 15.9. The molecule has 1 aromatic rings. The topological polar surface area (TPSA) is 52.3 Å². The third kappa shape index (κ3) is 4.71. The molecule has 1 aromatic carbocycles. The third-order valence-electron chi connectivity index (χ3n) is 2.24. The lowest BCUT2D eigenvalue weighted by Gasteiger charge is -2.12. The van der Waals surface area contributed by atoms with Gasteiger partial charge in [-0.05, 0) is 19.9 Å². The zero-order valence-electron chi connectivity index (χ0n) is 9.90. The molecule has 0 fully saturated rings. The van der Waals surface area contributed by atoms with Gasteiger partial charge < -0.3 is 10.5 Å². The highest BCUT2D eigenvalue weighted by Crippen LogP contribution is 2.19. The number of hydrogen-bond donors (Lipinski definition) is 1. The second-order valence-electron chi connectivity index (χ2n) is 3.64. The van der Waals surface area contributed by atoms with Crippen molar-refractivity contribution in [2.75, 3.05) is 6.61 Å². The van der Waals surface area contributed by atoms with Gasteiger partial charge in [0.2, 0.25) is 0 Å². The number of nitrogens with two attached hydrogens (primary N) is 1. The molecule has 0 amide bonds. The van der Waals surface area contributed by atoms with Crippen LogP contribution in [0.2, 0.25) is 0 Å². The van der Waals surface area contributed by atoms with Gasteiger partial charge in [0.25, 0.3) is 0 Å². The molecule has 0 aromatic heterocycles. The van der Waals surface area contributed by atoms with Gasteiger partial charge >= 0.3 is 5.97 Å².